The molecule has 0 aliphatic carbocycles. The van der Waals surface area contributed by atoms with Crippen molar-refractivity contribution in [3.63, 3.8) is 0 Å². The van der Waals surface area contributed by atoms with Gasteiger partial charge < -0.3 is 64.3 Å². The third kappa shape index (κ3) is 16.4. The van der Waals surface area contributed by atoms with Gasteiger partial charge in [-0.25, -0.2) is 34.5 Å². The van der Waals surface area contributed by atoms with Crippen molar-refractivity contribution in [3.8, 4) is 0 Å². The Morgan fingerprint density at radius 2 is 1.00 bits per heavy atom. The Kier molecular flexibility index (Phi) is 22.1. The van der Waals surface area contributed by atoms with E-state index in [0.717, 1.165) is 31.2 Å². The number of nitrogens with two attached hydrogens (primary N) is 4. The van der Waals surface area contributed by atoms with Crippen LogP contribution in [-0.2, 0) is 14.3 Å². The fourth-order valence-electron chi connectivity index (χ4n) is 7.96. The Morgan fingerprint density at radius 3 is 1.46 bits per heavy atom. The predicted octanol–water partition coefficient (Wildman–Crippen LogP) is 6.53. The van der Waals surface area contributed by atoms with Crippen molar-refractivity contribution in [3.05, 3.63) is 108 Å². The first-order chi connectivity index (χ1) is 38.6. The lowest BCUT2D eigenvalue weighted by Crippen LogP contribution is -2.31. The number of carboxylic acid groups (broad SMARTS) is 1. The minimum atomic E-state index is -0.957. The summed E-state index contributed by atoms with van der Waals surface area (Å²) in [5, 5.41) is 40.8. The molecule has 0 saturated heterocycles. The average Bonchev–Trinajstić information content (AvgIpc) is 3.47. The molecule has 0 saturated carbocycles. The van der Waals surface area contributed by atoms with Crippen molar-refractivity contribution in [2.75, 3.05) is 64.5 Å². The highest BCUT2D eigenvalue weighted by Gasteiger charge is 2.22. The molecule has 0 unspecified atom stereocenters. The van der Waals surface area contributed by atoms with Gasteiger partial charge in [-0.1, -0.05) is 82.0 Å². The number of esters is 1. The molecule has 8 heterocycles. The Hall–Kier alpha value is -9.27. The zero-order chi connectivity index (χ0) is 57.7. The van der Waals surface area contributed by atoms with E-state index in [0.29, 0.717) is 85.1 Å². The summed E-state index contributed by atoms with van der Waals surface area (Å²) in [6.45, 7) is 7.72. The van der Waals surface area contributed by atoms with Gasteiger partial charge in [-0.3, -0.25) is 15.0 Å². The average molecular weight is 1110 g/mol. The van der Waals surface area contributed by atoms with Crippen LogP contribution >= 0.6 is 11.6 Å². The van der Waals surface area contributed by atoms with Crippen molar-refractivity contribution < 1.29 is 29.6 Å². The van der Waals surface area contributed by atoms with Gasteiger partial charge in [-0.2, -0.15) is 19.9 Å². The van der Waals surface area contributed by atoms with Crippen LogP contribution in [0.25, 0.3) is 44.1 Å². The SMILES string of the molecule is CCC[C@H](CO)Nc1nc(N)nc2cccnc12.CCC[C@H](Nc1nc(N)nc2c(Cl)cc(C)nc12)C(=O)O.CCC[C@H](Nc1nc(N)nc2cccnc12)C(=O)OC.Nc1nc(N[C@H](CO)c2ccccc2)c2ncccc2n1. The number of fused-ring (bicyclic) bond motifs is 4. The van der Waals surface area contributed by atoms with E-state index in [1.54, 1.807) is 55.8 Å². The lowest BCUT2D eigenvalue weighted by atomic mass is 10.1. The number of carboxylic acids is 1. The van der Waals surface area contributed by atoms with Crippen LogP contribution in [0.2, 0.25) is 5.02 Å². The standard InChI is InChI=1S/C15H15N5O.C13H16ClN5O2.C13H17N5O2.C12H17N5O/c16-15-19-11-7-4-8-17-13(11)14(20-15)18-12(9-21)10-5-2-1-3-6-10;1-3-4-8(12(20)21)17-11-10-9(18-13(15)19-11)7(14)5-6(2)16-10;1-3-5-9(12(19)20-2)16-11-10-8(6-4-7-15-10)17-13(14)18-11;1-2-4-8(7-18)15-11-10-9(5-3-6-14-10)16-12(13)17-11/h1-8,12,21H,9H2,(H3,16,18,19,20);5,8H,3-4H2,1-2H3,(H,20,21)(H3,15,17,18,19);4,6-7,9H,3,5H2,1-2H3,(H3,14,16,17,18);3,5-6,8,18H,2,4,7H2,1H3,(H3,13,15,16,17)/t12-;8-;9-;8-/m1001/s1. The molecule has 0 aliphatic rings. The number of aliphatic hydroxyl groups excluding tert-OH is 2. The number of anilines is 8. The van der Waals surface area contributed by atoms with Crippen molar-refractivity contribution in [2.45, 2.75) is 90.4 Å². The molecule has 420 valence electrons. The molecule has 0 spiro atoms. The molecule has 0 aliphatic heterocycles. The number of nitrogens with zero attached hydrogens (tertiary/aromatic N) is 12. The lowest BCUT2D eigenvalue weighted by molar-refractivity contribution is -0.141. The van der Waals surface area contributed by atoms with Gasteiger partial charge >= 0.3 is 11.9 Å². The third-order valence-corrected chi connectivity index (χ3v) is 11.9. The molecule has 80 heavy (non-hydrogen) atoms. The van der Waals surface area contributed by atoms with Crippen molar-refractivity contribution in [1.29, 1.82) is 0 Å². The number of hydrogen-bond acceptors (Lipinski definition) is 25. The van der Waals surface area contributed by atoms with Crippen LogP contribution in [0.15, 0.2) is 91.4 Å². The molecule has 26 nitrogen and oxygen atoms in total. The number of aromatic nitrogens is 12. The molecule has 15 N–H and O–H groups in total. The maximum Gasteiger partial charge on any atom is 0.328 e. The maximum atomic E-state index is 11.7. The molecule has 0 amide bonds. The van der Waals surface area contributed by atoms with Gasteiger partial charge in [0, 0.05) is 24.3 Å². The van der Waals surface area contributed by atoms with Crippen LogP contribution in [0.5, 0.6) is 0 Å². The van der Waals surface area contributed by atoms with Gasteiger partial charge in [0.2, 0.25) is 23.8 Å². The van der Waals surface area contributed by atoms with E-state index in [-0.39, 0.29) is 60.9 Å². The molecule has 1 aromatic carbocycles. The normalized spacial score (nSPS) is 12.3. The number of ether oxygens (including phenoxy) is 1. The molecular formula is C53H65ClN20O6. The molecule has 0 fully saturated rings. The quantitative estimate of drug-likeness (QED) is 0.0383. The second-order valence-corrected chi connectivity index (χ2v) is 18.1. The Balaban J connectivity index is 0.000000172. The highest BCUT2D eigenvalue weighted by Crippen LogP contribution is 2.28. The van der Waals surface area contributed by atoms with E-state index in [1.807, 2.05) is 56.3 Å². The number of halogens is 1. The number of aliphatic carboxylic acids is 1. The van der Waals surface area contributed by atoms with Crippen LogP contribution in [-0.4, -0.2) is 126 Å². The van der Waals surface area contributed by atoms with E-state index in [1.165, 1.54) is 7.11 Å². The summed E-state index contributed by atoms with van der Waals surface area (Å²) >= 11 is 6.14. The molecular weight excluding hydrogens is 1050 g/mol. The van der Waals surface area contributed by atoms with E-state index < -0.39 is 18.1 Å². The molecule has 9 rings (SSSR count). The number of benzene rings is 1. The summed E-state index contributed by atoms with van der Waals surface area (Å²) in [5.41, 5.74) is 29.0. The molecule has 9 aromatic rings. The summed E-state index contributed by atoms with van der Waals surface area (Å²) in [7, 11) is 1.36. The molecule has 0 radical (unpaired) electrons. The van der Waals surface area contributed by atoms with Crippen LogP contribution in [0.4, 0.5) is 47.1 Å². The highest BCUT2D eigenvalue weighted by atomic mass is 35.5. The highest BCUT2D eigenvalue weighted by molar-refractivity contribution is 6.35. The first kappa shape index (κ1) is 60.0. The number of carbonyl (C=O) groups is 2. The first-order valence-electron chi connectivity index (χ1n) is 25.5. The maximum absolute atomic E-state index is 11.7. The smallest absolute Gasteiger partial charge is 0.328 e. The molecule has 4 atom stereocenters. The Labute approximate surface area is 465 Å². The fraction of sp³-hybridized carbons (Fsp3) is 0.321. The summed E-state index contributed by atoms with van der Waals surface area (Å²) in [4.78, 5) is 73.0. The number of hydrogen-bond donors (Lipinski definition) is 11. The van der Waals surface area contributed by atoms with Gasteiger partial charge in [0.05, 0.1) is 54.0 Å². The number of nitrogen functional groups attached to an aromatic ring is 4. The minimum Gasteiger partial charge on any atom is -0.480 e. The zero-order valence-electron chi connectivity index (χ0n) is 44.7. The monoisotopic (exact) mass is 1110 g/mol. The van der Waals surface area contributed by atoms with E-state index in [9.17, 15) is 24.9 Å². The van der Waals surface area contributed by atoms with Crippen molar-refractivity contribution in [2.24, 2.45) is 0 Å². The van der Waals surface area contributed by atoms with E-state index in [2.05, 4.69) is 88.0 Å². The Morgan fingerprint density at radius 1 is 0.550 bits per heavy atom. The second-order valence-electron chi connectivity index (χ2n) is 17.7. The van der Waals surface area contributed by atoms with Gasteiger partial charge in [-0.15, -0.1) is 0 Å². The molecule has 8 aromatic heterocycles. The van der Waals surface area contributed by atoms with Gasteiger partial charge in [0.15, 0.2) is 23.3 Å². The zero-order valence-corrected chi connectivity index (χ0v) is 45.5. The van der Waals surface area contributed by atoms with Gasteiger partial charge in [0.25, 0.3) is 0 Å². The van der Waals surface area contributed by atoms with Crippen molar-refractivity contribution >= 4 is 115 Å². The fourth-order valence-corrected chi connectivity index (χ4v) is 8.25. The minimum absolute atomic E-state index is 0.0122. The number of aliphatic hydroxyl groups is 2. The van der Waals surface area contributed by atoms with Crippen LogP contribution < -0.4 is 44.2 Å². The predicted molar refractivity (Wildman–Crippen MR) is 310 cm³/mol. The third-order valence-electron chi connectivity index (χ3n) is 11.6. The first-order valence-corrected chi connectivity index (χ1v) is 25.9. The summed E-state index contributed by atoms with van der Waals surface area (Å²) in [6, 6.07) is 20.5. The van der Waals surface area contributed by atoms with Gasteiger partial charge in [0.1, 0.15) is 39.7 Å². The summed E-state index contributed by atoms with van der Waals surface area (Å²) in [6.07, 6.45) is 9.46. The summed E-state index contributed by atoms with van der Waals surface area (Å²) < 4.78 is 4.78. The van der Waals surface area contributed by atoms with E-state index >= 15 is 0 Å². The second kappa shape index (κ2) is 29.5. The molecule has 27 heteroatoms. The van der Waals surface area contributed by atoms with Crippen LogP contribution in [0.1, 0.15) is 76.6 Å². The number of pyridine rings is 4. The molecule has 0 bridgehead atoms. The van der Waals surface area contributed by atoms with Crippen LogP contribution in [0.3, 0.4) is 0 Å². The number of carbonyl (C=O) groups excluding carboxylic acids is 1. The topological polar surface area (TPSA) is 411 Å². The number of aryl methyl sites for hydroxylation is 1. The number of nitrogens with one attached hydrogen (secondary N) is 4. The van der Waals surface area contributed by atoms with Crippen LogP contribution in [0, 0.1) is 6.92 Å². The van der Waals surface area contributed by atoms with Crippen molar-refractivity contribution in [1.82, 2.24) is 59.8 Å². The van der Waals surface area contributed by atoms with Gasteiger partial charge in [-0.05, 0) is 74.2 Å². The van der Waals surface area contributed by atoms with E-state index in [4.69, 9.17) is 39.3 Å². The summed E-state index contributed by atoms with van der Waals surface area (Å²) in [5.74, 6) is 1.03. The number of rotatable bonds is 19. The largest absolute Gasteiger partial charge is 0.480 e. The Bertz CT molecular complexity index is 3500. The number of methoxy groups -OCH3 is 1. The lowest BCUT2D eigenvalue weighted by Gasteiger charge is -2.18.